The maximum atomic E-state index is 10.7. The number of nitrogens with one attached hydrogen (secondary N) is 1. The Balaban J connectivity index is 2.65. The lowest BCUT2D eigenvalue weighted by Crippen LogP contribution is -2.15. The molecule has 0 aliphatic carbocycles. The maximum absolute atomic E-state index is 10.7. The van der Waals surface area contributed by atoms with Crippen molar-refractivity contribution in [2.45, 2.75) is 0 Å². The van der Waals surface area contributed by atoms with Gasteiger partial charge >= 0.3 is 6.09 Å². The van der Waals surface area contributed by atoms with Gasteiger partial charge in [0.15, 0.2) is 0 Å². The summed E-state index contributed by atoms with van der Waals surface area (Å²) >= 11 is 5.69. The fourth-order valence-electron chi connectivity index (χ4n) is 0.892. The van der Waals surface area contributed by atoms with Crippen LogP contribution in [0.4, 0.5) is 4.79 Å². The summed E-state index contributed by atoms with van der Waals surface area (Å²) in [7, 11) is 1.28. The van der Waals surface area contributed by atoms with Crippen LogP contribution in [0.25, 0.3) is 6.08 Å². The highest BCUT2D eigenvalue weighted by Crippen LogP contribution is 2.23. The van der Waals surface area contributed by atoms with Crippen molar-refractivity contribution >= 4 is 23.8 Å². The van der Waals surface area contributed by atoms with Gasteiger partial charge in [0.25, 0.3) is 0 Å². The summed E-state index contributed by atoms with van der Waals surface area (Å²) in [5, 5.41) is 11.8. The summed E-state index contributed by atoms with van der Waals surface area (Å²) in [6.07, 6.45) is 2.51. The van der Waals surface area contributed by atoms with E-state index in [0.717, 1.165) is 5.56 Å². The molecule has 2 N–H and O–H groups in total. The molecule has 80 valence electrons. The largest absolute Gasteiger partial charge is 0.506 e. The molecule has 0 aliphatic heterocycles. The number of phenols is 1. The van der Waals surface area contributed by atoms with E-state index in [4.69, 9.17) is 16.7 Å². The van der Waals surface area contributed by atoms with Crippen molar-refractivity contribution in [2.75, 3.05) is 7.11 Å². The van der Waals surface area contributed by atoms with Crippen LogP contribution in [0.2, 0.25) is 5.02 Å². The van der Waals surface area contributed by atoms with E-state index in [-0.39, 0.29) is 10.8 Å². The van der Waals surface area contributed by atoms with Crippen molar-refractivity contribution in [3.05, 3.63) is 35.0 Å². The molecule has 0 saturated heterocycles. The Hall–Kier alpha value is -1.68. The predicted molar refractivity (Wildman–Crippen MR) is 57.7 cm³/mol. The van der Waals surface area contributed by atoms with E-state index in [1.54, 1.807) is 18.2 Å². The Bertz CT molecular complexity index is 390. The molecule has 0 unspecified atom stereocenters. The molecule has 1 aromatic rings. The molecule has 0 aromatic heterocycles. The highest BCUT2D eigenvalue weighted by molar-refractivity contribution is 6.32. The van der Waals surface area contributed by atoms with E-state index in [1.807, 2.05) is 0 Å². The third-order valence-corrected chi connectivity index (χ3v) is 1.94. The molecule has 0 radical (unpaired) electrons. The van der Waals surface area contributed by atoms with Gasteiger partial charge in [-0.25, -0.2) is 4.79 Å². The zero-order valence-electron chi connectivity index (χ0n) is 8.03. The Morgan fingerprint density at radius 3 is 2.93 bits per heavy atom. The second-order valence-corrected chi connectivity index (χ2v) is 3.09. The number of hydrogen-bond donors (Lipinski definition) is 2. The Morgan fingerprint density at radius 1 is 1.60 bits per heavy atom. The van der Waals surface area contributed by atoms with Crippen LogP contribution in [0.15, 0.2) is 24.4 Å². The minimum atomic E-state index is -0.545. The number of aromatic hydroxyl groups is 1. The first kappa shape index (κ1) is 11.4. The monoisotopic (exact) mass is 227 g/mol. The number of carbonyl (C=O) groups excluding carboxylic acids is 1. The van der Waals surface area contributed by atoms with Gasteiger partial charge in [-0.1, -0.05) is 17.7 Å². The van der Waals surface area contributed by atoms with Crippen molar-refractivity contribution in [2.24, 2.45) is 0 Å². The van der Waals surface area contributed by atoms with Gasteiger partial charge in [-0.2, -0.15) is 0 Å². The standard InChI is InChI=1S/C10H10ClNO3/c1-15-10(14)12-5-4-7-2-3-9(13)8(11)6-7/h2-6,13H,1H3,(H,12,14)/b5-4+. The normalized spacial score (nSPS) is 10.3. The predicted octanol–water partition coefficient (Wildman–Crippen LogP) is 2.37. The number of halogens is 1. The van der Waals surface area contributed by atoms with E-state index in [9.17, 15) is 4.79 Å². The first-order valence-electron chi connectivity index (χ1n) is 4.13. The summed E-state index contributed by atoms with van der Waals surface area (Å²) in [6.45, 7) is 0. The summed E-state index contributed by atoms with van der Waals surface area (Å²) in [5.74, 6) is 0.0229. The lowest BCUT2D eigenvalue weighted by molar-refractivity contribution is 0.175. The molecule has 0 spiro atoms. The first-order valence-corrected chi connectivity index (χ1v) is 4.51. The Labute approximate surface area is 92.1 Å². The molecule has 1 amide bonds. The average Bonchev–Trinajstić information content (AvgIpc) is 2.23. The number of ether oxygens (including phenoxy) is 1. The van der Waals surface area contributed by atoms with Crippen LogP contribution >= 0.6 is 11.6 Å². The highest BCUT2D eigenvalue weighted by Gasteiger charge is 1.97. The topological polar surface area (TPSA) is 58.6 Å². The third-order valence-electron chi connectivity index (χ3n) is 1.63. The van der Waals surface area contributed by atoms with Crippen LogP contribution in [0.5, 0.6) is 5.75 Å². The Morgan fingerprint density at radius 2 is 2.33 bits per heavy atom. The lowest BCUT2D eigenvalue weighted by Gasteiger charge is -1.98. The second-order valence-electron chi connectivity index (χ2n) is 2.68. The molecule has 5 heteroatoms. The van der Waals surface area contributed by atoms with Gasteiger partial charge in [-0.3, -0.25) is 5.32 Å². The molecule has 0 bridgehead atoms. The van der Waals surface area contributed by atoms with E-state index in [1.165, 1.54) is 19.4 Å². The van der Waals surface area contributed by atoms with Gasteiger partial charge < -0.3 is 9.84 Å². The van der Waals surface area contributed by atoms with Crippen molar-refractivity contribution in [3.63, 3.8) is 0 Å². The summed E-state index contributed by atoms with van der Waals surface area (Å²) in [6, 6.07) is 4.71. The molecule has 0 atom stereocenters. The molecule has 1 aromatic carbocycles. The minimum absolute atomic E-state index is 0.0229. The zero-order chi connectivity index (χ0) is 11.3. The number of hydrogen-bond acceptors (Lipinski definition) is 3. The second kappa shape index (κ2) is 5.26. The molecule has 0 saturated carbocycles. The minimum Gasteiger partial charge on any atom is -0.506 e. The van der Waals surface area contributed by atoms with E-state index in [2.05, 4.69) is 10.1 Å². The van der Waals surface area contributed by atoms with E-state index < -0.39 is 6.09 Å². The molecule has 0 heterocycles. The van der Waals surface area contributed by atoms with Gasteiger partial charge in [-0.15, -0.1) is 0 Å². The van der Waals surface area contributed by atoms with Crippen LogP contribution < -0.4 is 5.32 Å². The molecule has 4 nitrogen and oxygen atoms in total. The van der Waals surface area contributed by atoms with Crippen LogP contribution in [-0.2, 0) is 4.74 Å². The summed E-state index contributed by atoms with van der Waals surface area (Å²) in [4.78, 5) is 10.7. The quantitative estimate of drug-likeness (QED) is 0.816. The van der Waals surface area contributed by atoms with Gasteiger partial charge in [0.1, 0.15) is 5.75 Å². The number of rotatable bonds is 2. The van der Waals surface area contributed by atoms with Crippen LogP contribution in [-0.4, -0.2) is 18.3 Å². The first-order chi connectivity index (χ1) is 7.13. The smallest absolute Gasteiger partial charge is 0.410 e. The number of alkyl carbamates (subject to hydrolysis) is 1. The Kier molecular flexibility index (Phi) is 4.00. The van der Waals surface area contributed by atoms with Crippen LogP contribution in [0, 0.1) is 0 Å². The molecule has 0 fully saturated rings. The van der Waals surface area contributed by atoms with E-state index in [0.29, 0.717) is 0 Å². The highest BCUT2D eigenvalue weighted by atomic mass is 35.5. The number of amides is 1. The summed E-state index contributed by atoms with van der Waals surface area (Å²) < 4.78 is 4.36. The average molecular weight is 228 g/mol. The van der Waals surface area contributed by atoms with Crippen molar-refractivity contribution in [1.82, 2.24) is 5.32 Å². The van der Waals surface area contributed by atoms with Crippen LogP contribution in [0.3, 0.4) is 0 Å². The molecule has 0 aliphatic rings. The zero-order valence-corrected chi connectivity index (χ0v) is 8.78. The number of benzene rings is 1. The van der Waals surface area contributed by atoms with Crippen molar-refractivity contribution < 1.29 is 14.6 Å². The number of phenolic OH excluding ortho intramolecular Hbond substituents is 1. The summed E-state index contributed by atoms with van der Waals surface area (Å²) in [5.41, 5.74) is 0.759. The van der Waals surface area contributed by atoms with Gasteiger partial charge in [0.05, 0.1) is 12.1 Å². The maximum Gasteiger partial charge on any atom is 0.410 e. The number of carbonyl (C=O) groups is 1. The fraction of sp³-hybridized carbons (Fsp3) is 0.100. The third kappa shape index (κ3) is 3.52. The van der Waals surface area contributed by atoms with Gasteiger partial charge in [0.2, 0.25) is 0 Å². The van der Waals surface area contributed by atoms with Crippen molar-refractivity contribution in [1.29, 1.82) is 0 Å². The lowest BCUT2D eigenvalue weighted by atomic mass is 10.2. The van der Waals surface area contributed by atoms with Crippen molar-refractivity contribution in [3.8, 4) is 5.75 Å². The molecular weight excluding hydrogens is 218 g/mol. The van der Waals surface area contributed by atoms with Gasteiger partial charge in [0, 0.05) is 6.20 Å². The number of methoxy groups -OCH3 is 1. The fourth-order valence-corrected chi connectivity index (χ4v) is 1.08. The molecule has 15 heavy (non-hydrogen) atoms. The SMILES string of the molecule is COC(=O)N/C=C/c1ccc(O)c(Cl)c1. The molecule has 1 rings (SSSR count). The van der Waals surface area contributed by atoms with E-state index >= 15 is 0 Å². The van der Waals surface area contributed by atoms with Gasteiger partial charge in [-0.05, 0) is 23.8 Å². The molecular formula is C10H10ClNO3. The van der Waals surface area contributed by atoms with Crippen LogP contribution in [0.1, 0.15) is 5.56 Å².